The van der Waals surface area contributed by atoms with Crippen molar-refractivity contribution in [2.45, 2.75) is 0 Å². The highest BCUT2D eigenvalue weighted by Gasteiger charge is 2.18. The van der Waals surface area contributed by atoms with Crippen LogP contribution in [0.1, 0.15) is 0 Å². The van der Waals surface area contributed by atoms with Crippen LogP contribution in [0.4, 0.5) is 17.1 Å². The third kappa shape index (κ3) is 4.94. The van der Waals surface area contributed by atoms with Gasteiger partial charge in [-0.3, -0.25) is 9.97 Å². The molecule has 0 fully saturated rings. The number of para-hydroxylation sites is 2. The van der Waals surface area contributed by atoms with E-state index in [9.17, 15) is 0 Å². The summed E-state index contributed by atoms with van der Waals surface area (Å²) in [7, 11) is 0. The number of aromatic nitrogens is 2. The molecule has 0 bridgehead atoms. The molecule has 4 aromatic heterocycles. The summed E-state index contributed by atoms with van der Waals surface area (Å²) >= 11 is 0. The van der Waals surface area contributed by atoms with Gasteiger partial charge in [-0.2, -0.15) is 0 Å². The summed E-state index contributed by atoms with van der Waals surface area (Å²) in [6.07, 6.45) is 7.54. The zero-order chi connectivity index (χ0) is 33.7. The highest BCUT2D eigenvalue weighted by atomic mass is 16.3. The van der Waals surface area contributed by atoms with Crippen molar-refractivity contribution in [2.75, 3.05) is 4.90 Å². The van der Waals surface area contributed by atoms with Gasteiger partial charge < -0.3 is 13.7 Å². The molecule has 10 rings (SSSR count). The molecular weight excluding hydrogens is 627 g/mol. The van der Waals surface area contributed by atoms with Gasteiger partial charge in [-0.05, 0) is 70.8 Å². The van der Waals surface area contributed by atoms with E-state index in [1.807, 2.05) is 67.3 Å². The van der Waals surface area contributed by atoms with Gasteiger partial charge in [-0.1, -0.05) is 103 Å². The Morgan fingerprint density at radius 2 is 0.843 bits per heavy atom. The normalized spacial score (nSPS) is 11.5. The molecule has 0 spiro atoms. The van der Waals surface area contributed by atoms with E-state index in [2.05, 4.69) is 124 Å². The van der Waals surface area contributed by atoms with Crippen molar-refractivity contribution in [1.82, 2.24) is 9.97 Å². The summed E-state index contributed by atoms with van der Waals surface area (Å²) in [5.41, 5.74) is 12.8. The number of rotatable bonds is 6. The second-order valence-corrected chi connectivity index (χ2v) is 12.7. The number of pyridine rings is 2. The van der Waals surface area contributed by atoms with Crippen molar-refractivity contribution in [3.63, 3.8) is 0 Å². The predicted molar refractivity (Wildman–Crippen MR) is 208 cm³/mol. The number of hydrogen-bond donors (Lipinski definition) is 0. The maximum absolute atomic E-state index is 6.34. The lowest BCUT2D eigenvalue weighted by Crippen LogP contribution is -2.10. The largest absolute Gasteiger partial charge is 0.455 e. The Balaban J connectivity index is 1.08. The van der Waals surface area contributed by atoms with Crippen LogP contribution in [0.15, 0.2) is 185 Å². The summed E-state index contributed by atoms with van der Waals surface area (Å²) < 4.78 is 12.7. The molecule has 0 amide bonds. The van der Waals surface area contributed by atoms with E-state index in [1.165, 1.54) is 5.56 Å². The molecule has 0 unspecified atom stereocenters. The molecule has 5 heteroatoms. The van der Waals surface area contributed by atoms with E-state index < -0.39 is 0 Å². The van der Waals surface area contributed by atoms with Gasteiger partial charge in [-0.15, -0.1) is 0 Å². The van der Waals surface area contributed by atoms with E-state index in [0.29, 0.717) is 0 Å². The summed E-state index contributed by atoms with van der Waals surface area (Å²) in [5, 5.41) is 4.16. The number of hydrogen-bond acceptors (Lipinski definition) is 5. The lowest BCUT2D eigenvalue weighted by atomic mass is 10.0. The zero-order valence-corrected chi connectivity index (χ0v) is 27.4. The molecule has 0 N–H and O–H groups in total. The minimum Gasteiger partial charge on any atom is -0.455 e. The molecule has 4 heterocycles. The Kier molecular flexibility index (Phi) is 6.74. The zero-order valence-electron chi connectivity index (χ0n) is 27.4. The van der Waals surface area contributed by atoms with Crippen LogP contribution in [-0.2, 0) is 0 Å². The fraction of sp³-hybridized carbons (Fsp3) is 0. The van der Waals surface area contributed by atoms with Crippen LogP contribution < -0.4 is 4.90 Å². The first-order valence-corrected chi connectivity index (χ1v) is 17.0. The van der Waals surface area contributed by atoms with Crippen molar-refractivity contribution >= 4 is 60.9 Å². The van der Waals surface area contributed by atoms with Crippen molar-refractivity contribution in [3.05, 3.63) is 176 Å². The lowest BCUT2D eigenvalue weighted by molar-refractivity contribution is 0.669. The minimum absolute atomic E-state index is 0.843. The number of furan rings is 2. The van der Waals surface area contributed by atoms with E-state index in [1.54, 1.807) is 0 Å². The van der Waals surface area contributed by atoms with Gasteiger partial charge in [0.2, 0.25) is 0 Å². The second kappa shape index (κ2) is 11.9. The third-order valence-electron chi connectivity index (χ3n) is 9.66. The molecule has 51 heavy (non-hydrogen) atoms. The molecule has 0 radical (unpaired) electrons. The number of benzene rings is 6. The highest BCUT2D eigenvalue weighted by molar-refractivity contribution is 6.10. The van der Waals surface area contributed by atoms with Crippen LogP contribution in [0.2, 0.25) is 0 Å². The smallest absolute Gasteiger partial charge is 0.146 e. The first kappa shape index (κ1) is 29.0. The van der Waals surface area contributed by atoms with Gasteiger partial charge in [0.15, 0.2) is 0 Å². The van der Waals surface area contributed by atoms with Crippen molar-refractivity contribution < 1.29 is 8.83 Å². The van der Waals surface area contributed by atoms with Crippen LogP contribution in [0.5, 0.6) is 0 Å². The Morgan fingerprint density at radius 3 is 1.39 bits per heavy atom. The molecular formula is C46H29N3O2. The van der Waals surface area contributed by atoms with Crippen LogP contribution in [0.3, 0.4) is 0 Å². The van der Waals surface area contributed by atoms with Crippen LogP contribution in [0, 0.1) is 0 Å². The first-order chi connectivity index (χ1) is 25.3. The molecule has 0 saturated carbocycles. The molecule has 240 valence electrons. The lowest BCUT2D eigenvalue weighted by Gasteiger charge is -2.26. The van der Waals surface area contributed by atoms with Gasteiger partial charge in [0, 0.05) is 74.5 Å². The average Bonchev–Trinajstić information content (AvgIpc) is 3.78. The predicted octanol–water partition coefficient (Wildman–Crippen LogP) is 12.7. The second-order valence-electron chi connectivity index (χ2n) is 12.7. The fourth-order valence-electron chi connectivity index (χ4n) is 7.17. The first-order valence-electron chi connectivity index (χ1n) is 17.0. The van der Waals surface area contributed by atoms with E-state index in [0.717, 1.165) is 88.8 Å². The Labute approximate surface area is 293 Å². The monoisotopic (exact) mass is 655 g/mol. The van der Waals surface area contributed by atoms with E-state index in [-0.39, 0.29) is 0 Å². The van der Waals surface area contributed by atoms with Gasteiger partial charge in [0.05, 0.1) is 0 Å². The summed E-state index contributed by atoms with van der Waals surface area (Å²) in [4.78, 5) is 11.5. The standard InChI is InChI=1S/C46H29N3O2/c1-2-9-30(10-3-1)33-11-8-12-36(25-33)49(34-21-17-31(18-22-34)39-26-47-28-41-37-13-4-6-15-43(37)50-45(39)41)35-23-19-32(20-24-35)40-27-48-29-42-38-14-5-7-16-44(38)51-46(40)42/h1-29H. The van der Waals surface area contributed by atoms with Crippen molar-refractivity contribution in [1.29, 1.82) is 0 Å². The molecule has 0 saturated heterocycles. The summed E-state index contributed by atoms with van der Waals surface area (Å²) in [5.74, 6) is 0. The van der Waals surface area contributed by atoms with Crippen LogP contribution in [0.25, 0.3) is 77.3 Å². The van der Waals surface area contributed by atoms with Crippen LogP contribution >= 0.6 is 0 Å². The van der Waals surface area contributed by atoms with Gasteiger partial charge in [-0.25, -0.2) is 0 Å². The molecule has 0 aliphatic heterocycles. The van der Waals surface area contributed by atoms with Gasteiger partial charge in [0.1, 0.15) is 22.3 Å². The molecule has 5 nitrogen and oxygen atoms in total. The van der Waals surface area contributed by atoms with Crippen molar-refractivity contribution in [3.8, 4) is 33.4 Å². The minimum atomic E-state index is 0.843. The molecule has 6 aromatic carbocycles. The van der Waals surface area contributed by atoms with E-state index >= 15 is 0 Å². The van der Waals surface area contributed by atoms with Crippen LogP contribution in [-0.4, -0.2) is 9.97 Å². The van der Waals surface area contributed by atoms with Gasteiger partial charge in [0.25, 0.3) is 0 Å². The number of fused-ring (bicyclic) bond motifs is 6. The van der Waals surface area contributed by atoms with E-state index in [4.69, 9.17) is 8.83 Å². The number of anilines is 3. The Hall–Kier alpha value is -6.98. The third-order valence-corrected chi connectivity index (χ3v) is 9.66. The summed E-state index contributed by atoms with van der Waals surface area (Å²) in [6, 6.07) is 52.6. The molecule has 10 aromatic rings. The van der Waals surface area contributed by atoms with Crippen molar-refractivity contribution in [2.24, 2.45) is 0 Å². The quantitative estimate of drug-likeness (QED) is 0.178. The SMILES string of the molecule is c1ccc(-c2cccc(N(c3ccc(-c4cncc5c4oc4ccccc45)cc3)c3ccc(-c4cncc5c4oc4ccccc45)cc3)c2)cc1. The maximum Gasteiger partial charge on any atom is 0.146 e. The Morgan fingerprint density at radius 1 is 0.353 bits per heavy atom. The topological polar surface area (TPSA) is 55.3 Å². The molecule has 0 atom stereocenters. The fourth-order valence-corrected chi connectivity index (χ4v) is 7.17. The maximum atomic E-state index is 6.34. The Bertz CT molecular complexity index is 2700. The van der Waals surface area contributed by atoms with Gasteiger partial charge >= 0.3 is 0 Å². The summed E-state index contributed by atoms with van der Waals surface area (Å²) in [6.45, 7) is 0. The molecule has 0 aliphatic carbocycles. The highest BCUT2D eigenvalue weighted by Crippen LogP contribution is 2.41. The molecule has 0 aliphatic rings. The average molecular weight is 656 g/mol. The number of nitrogens with zero attached hydrogens (tertiary/aromatic N) is 3.